The van der Waals surface area contributed by atoms with Gasteiger partial charge in [-0.15, -0.1) is 0 Å². The number of carbonyl (C=O) groups excluding carboxylic acids is 1. The minimum atomic E-state index is 0.104. The first-order valence-electron chi connectivity index (χ1n) is 12.7. The van der Waals surface area contributed by atoms with E-state index in [9.17, 15) is 4.79 Å². The van der Waals surface area contributed by atoms with Crippen LogP contribution in [0.25, 0.3) is 11.3 Å². The summed E-state index contributed by atoms with van der Waals surface area (Å²) < 4.78 is 0. The number of nitrogens with one attached hydrogen (secondary N) is 1. The smallest absolute Gasteiger partial charge is 0.253 e. The molecule has 36 heavy (non-hydrogen) atoms. The zero-order valence-corrected chi connectivity index (χ0v) is 21.5. The van der Waals surface area contributed by atoms with Crippen molar-refractivity contribution in [2.75, 3.05) is 51.6 Å². The molecule has 188 valence electrons. The molecule has 1 aromatic heterocycles. The van der Waals surface area contributed by atoms with Crippen molar-refractivity contribution in [3.8, 4) is 11.3 Å². The molecule has 2 saturated heterocycles. The van der Waals surface area contributed by atoms with Crippen molar-refractivity contribution in [3.05, 3.63) is 71.4 Å². The first-order valence-corrected chi connectivity index (χ1v) is 13.1. The Kier molecular flexibility index (Phi) is 7.80. The molecule has 1 amide bonds. The second kappa shape index (κ2) is 11.4. The predicted octanol–water partition coefficient (Wildman–Crippen LogP) is 4.78. The van der Waals surface area contributed by atoms with Crippen LogP contribution < -0.4 is 5.32 Å². The summed E-state index contributed by atoms with van der Waals surface area (Å²) in [6, 6.07) is 17.7. The fourth-order valence-electron chi connectivity index (χ4n) is 5.07. The molecule has 3 heterocycles. The van der Waals surface area contributed by atoms with Crippen molar-refractivity contribution >= 4 is 29.1 Å². The zero-order chi connectivity index (χ0) is 24.9. The average molecular weight is 505 g/mol. The molecule has 1 N–H and O–H groups in total. The van der Waals surface area contributed by atoms with Crippen LogP contribution in [0.5, 0.6) is 0 Å². The fraction of sp³-hybridized carbons (Fsp3) is 0.393. The number of rotatable bonds is 5. The lowest BCUT2D eigenvalue weighted by Gasteiger charge is -2.36. The molecule has 3 aromatic rings. The highest BCUT2D eigenvalue weighted by atomic mass is 35.5. The van der Waals surface area contributed by atoms with Gasteiger partial charge in [0.15, 0.2) is 0 Å². The Balaban J connectivity index is 1.19. The average Bonchev–Trinajstić information content (AvgIpc) is 3.16. The van der Waals surface area contributed by atoms with Gasteiger partial charge in [0.1, 0.15) is 0 Å². The Morgan fingerprint density at radius 1 is 0.917 bits per heavy atom. The van der Waals surface area contributed by atoms with E-state index >= 15 is 0 Å². The highest BCUT2D eigenvalue weighted by Crippen LogP contribution is 2.22. The summed E-state index contributed by atoms with van der Waals surface area (Å²) in [4.78, 5) is 29.2. The van der Waals surface area contributed by atoms with Crippen LogP contribution in [0.4, 0.5) is 11.6 Å². The molecule has 2 aromatic carbocycles. The van der Waals surface area contributed by atoms with Gasteiger partial charge < -0.3 is 15.1 Å². The number of carbonyl (C=O) groups is 1. The minimum absolute atomic E-state index is 0.104. The van der Waals surface area contributed by atoms with Crippen molar-refractivity contribution in [1.82, 2.24) is 24.7 Å². The molecular weight excluding hydrogens is 472 g/mol. The third-order valence-electron chi connectivity index (χ3n) is 7.21. The van der Waals surface area contributed by atoms with Crippen molar-refractivity contribution in [2.45, 2.75) is 25.3 Å². The number of anilines is 2. The number of likely N-dealkylation sites (tertiary alicyclic amines) is 1. The van der Waals surface area contributed by atoms with E-state index in [0.717, 1.165) is 49.5 Å². The third kappa shape index (κ3) is 6.03. The minimum Gasteiger partial charge on any atom is -0.337 e. The molecule has 0 bridgehead atoms. The number of aromatic nitrogens is 2. The summed E-state index contributed by atoms with van der Waals surface area (Å²) in [5, 5.41) is 3.93. The molecule has 0 aliphatic carbocycles. The summed E-state index contributed by atoms with van der Waals surface area (Å²) in [6.45, 7) is 5.97. The Bertz CT molecular complexity index is 1160. The van der Waals surface area contributed by atoms with Gasteiger partial charge in [-0.05, 0) is 81.9 Å². The molecule has 2 aliphatic rings. The van der Waals surface area contributed by atoms with Gasteiger partial charge in [0.05, 0.1) is 5.69 Å². The van der Waals surface area contributed by atoms with Gasteiger partial charge in [0.2, 0.25) is 5.95 Å². The lowest BCUT2D eigenvalue weighted by molar-refractivity contribution is 0.0750. The summed E-state index contributed by atoms with van der Waals surface area (Å²) in [5.74, 6) is 0.607. The van der Waals surface area contributed by atoms with Gasteiger partial charge in [-0.1, -0.05) is 23.7 Å². The maximum absolute atomic E-state index is 13.2. The second-order valence-electron chi connectivity index (χ2n) is 9.69. The summed E-state index contributed by atoms with van der Waals surface area (Å²) >= 11 is 6.00. The largest absolute Gasteiger partial charge is 0.337 e. The number of nitrogens with zero attached hydrogens (tertiary/aromatic N) is 5. The summed E-state index contributed by atoms with van der Waals surface area (Å²) in [5.41, 5.74) is 3.33. The van der Waals surface area contributed by atoms with Crippen molar-refractivity contribution in [2.24, 2.45) is 0 Å². The first kappa shape index (κ1) is 24.7. The zero-order valence-electron chi connectivity index (χ0n) is 20.7. The number of halogens is 1. The monoisotopic (exact) mass is 504 g/mol. The van der Waals surface area contributed by atoms with Crippen LogP contribution in [0, 0.1) is 0 Å². The van der Waals surface area contributed by atoms with Gasteiger partial charge in [-0.25, -0.2) is 9.97 Å². The predicted molar refractivity (Wildman–Crippen MR) is 145 cm³/mol. The van der Waals surface area contributed by atoms with Gasteiger partial charge >= 0.3 is 0 Å². The number of amides is 1. The second-order valence-corrected chi connectivity index (χ2v) is 10.1. The van der Waals surface area contributed by atoms with Crippen molar-refractivity contribution in [3.63, 3.8) is 0 Å². The molecule has 0 radical (unpaired) electrons. The third-order valence-corrected chi connectivity index (χ3v) is 7.46. The van der Waals surface area contributed by atoms with E-state index in [-0.39, 0.29) is 5.91 Å². The molecule has 7 nitrogen and oxygen atoms in total. The number of hydrogen-bond acceptors (Lipinski definition) is 6. The van der Waals surface area contributed by atoms with Crippen LogP contribution in [-0.4, -0.2) is 82.9 Å². The quantitative estimate of drug-likeness (QED) is 0.539. The van der Waals surface area contributed by atoms with E-state index in [1.54, 1.807) is 6.20 Å². The first-order chi connectivity index (χ1) is 17.5. The van der Waals surface area contributed by atoms with Crippen LogP contribution in [0.1, 0.15) is 29.6 Å². The molecule has 0 unspecified atom stereocenters. The van der Waals surface area contributed by atoms with Crippen LogP contribution in [0.2, 0.25) is 5.02 Å². The number of piperidine rings is 1. The van der Waals surface area contributed by atoms with Crippen molar-refractivity contribution in [1.29, 1.82) is 0 Å². The molecule has 0 saturated carbocycles. The van der Waals surface area contributed by atoms with Crippen LogP contribution in [0.15, 0.2) is 60.8 Å². The highest BCUT2D eigenvalue weighted by Gasteiger charge is 2.26. The van der Waals surface area contributed by atoms with Gasteiger partial charge in [0.25, 0.3) is 5.91 Å². The number of benzene rings is 2. The van der Waals surface area contributed by atoms with Gasteiger partial charge in [-0.3, -0.25) is 9.69 Å². The molecule has 8 heteroatoms. The van der Waals surface area contributed by atoms with Gasteiger partial charge in [-0.2, -0.15) is 0 Å². The SMILES string of the molecule is CN1CCC(N2CCCN(C(=O)c3ccc(Nc4nccc(-c5ccc(Cl)cc5)n4)cc3)CC2)CC1. The normalized spacial score (nSPS) is 18.1. The maximum Gasteiger partial charge on any atom is 0.253 e. The Morgan fingerprint density at radius 3 is 2.42 bits per heavy atom. The Morgan fingerprint density at radius 2 is 1.67 bits per heavy atom. The van der Waals surface area contributed by atoms with E-state index in [1.807, 2.05) is 59.5 Å². The van der Waals surface area contributed by atoms with Crippen LogP contribution in [0.3, 0.4) is 0 Å². The lowest BCUT2D eigenvalue weighted by Crippen LogP contribution is -2.45. The van der Waals surface area contributed by atoms with E-state index in [2.05, 4.69) is 32.1 Å². The topological polar surface area (TPSA) is 64.6 Å². The fourth-order valence-corrected chi connectivity index (χ4v) is 5.20. The molecular formula is C28H33ClN6O. The molecule has 0 atom stereocenters. The lowest BCUT2D eigenvalue weighted by atomic mass is 10.0. The van der Waals surface area contributed by atoms with E-state index in [4.69, 9.17) is 11.6 Å². The highest BCUT2D eigenvalue weighted by molar-refractivity contribution is 6.30. The molecule has 2 aliphatic heterocycles. The van der Waals surface area contributed by atoms with E-state index in [0.29, 0.717) is 22.6 Å². The standard InChI is InChI=1S/C28H33ClN6O/c1-33-17-12-25(13-18-33)34-15-2-16-35(20-19-34)27(36)22-5-9-24(10-6-22)31-28-30-14-11-26(32-28)21-3-7-23(29)8-4-21/h3-11,14,25H,2,12-13,15-20H2,1H3,(H,30,31,32). The Labute approximate surface area is 218 Å². The summed E-state index contributed by atoms with van der Waals surface area (Å²) in [7, 11) is 2.20. The maximum atomic E-state index is 13.2. The molecule has 5 rings (SSSR count). The van der Waals surface area contributed by atoms with Crippen molar-refractivity contribution < 1.29 is 4.79 Å². The molecule has 2 fully saturated rings. The van der Waals surface area contributed by atoms with E-state index in [1.165, 1.54) is 25.9 Å². The van der Waals surface area contributed by atoms with Crippen LogP contribution in [-0.2, 0) is 0 Å². The number of hydrogen-bond donors (Lipinski definition) is 1. The summed E-state index contributed by atoms with van der Waals surface area (Å²) in [6.07, 6.45) is 5.21. The Hall–Kier alpha value is -3.00. The van der Waals surface area contributed by atoms with Gasteiger partial charge in [0, 0.05) is 60.3 Å². The van der Waals surface area contributed by atoms with E-state index < -0.39 is 0 Å². The van der Waals surface area contributed by atoms with Crippen LogP contribution >= 0.6 is 11.6 Å². The molecule has 0 spiro atoms.